The fourth-order valence-corrected chi connectivity index (χ4v) is 3.06. The van der Waals surface area contributed by atoms with Gasteiger partial charge in [-0.2, -0.15) is 0 Å². The Kier molecular flexibility index (Phi) is 7.10. The van der Waals surface area contributed by atoms with E-state index in [1.807, 2.05) is 0 Å². The van der Waals surface area contributed by atoms with Crippen molar-refractivity contribution in [2.24, 2.45) is 0 Å². The Bertz CT molecular complexity index is 344. The number of unbranched alkanes of at least 4 members (excludes halogenated alkanes) is 1. The fourth-order valence-electron chi connectivity index (χ4n) is 3.06. The Balaban J connectivity index is 1.78. The average Bonchev–Trinajstić information content (AvgIpc) is 2.52. The molecular weight excluding hydrogens is 244 g/mol. The molecule has 0 amide bonds. The van der Waals surface area contributed by atoms with Crippen molar-refractivity contribution >= 4 is 0 Å². The zero-order valence-electron chi connectivity index (χ0n) is 13.0. The third kappa shape index (κ3) is 5.26. The van der Waals surface area contributed by atoms with Crippen molar-refractivity contribution in [2.45, 2.75) is 51.5 Å². The Morgan fingerprint density at radius 2 is 1.85 bits per heavy atom. The van der Waals surface area contributed by atoms with E-state index in [2.05, 4.69) is 47.5 Å². The molecule has 0 aromatic heterocycles. The van der Waals surface area contributed by atoms with Gasteiger partial charge in [0.1, 0.15) is 0 Å². The fraction of sp³-hybridized carbons (Fsp3) is 0.667. The van der Waals surface area contributed by atoms with Crippen molar-refractivity contribution in [2.75, 3.05) is 26.2 Å². The third-order valence-corrected chi connectivity index (χ3v) is 4.32. The summed E-state index contributed by atoms with van der Waals surface area (Å²) < 4.78 is 0. The molecule has 112 valence electrons. The van der Waals surface area contributed by atoms with Gasteiger partial charge in [-0.15, -0.1) is 0 Å². The summed E-state index contributed by atoms with van der Waals surface area (Å²) in [7, 11) is 0. The Labute approximate surface area is 124 Å². The van der Waals surface area contributed by atoms with E-state index in [0.29, 0.717) is 6.04 Å². The summed E-state index contributed by atoms with van der Waals surface area (Å²) in [6, 6.07) is 11.5. The Morgan fingerprint density at radius 1 is 1.10 bits per heavy atom. The number of rotatable bonds is 8. The second-order valence-electron chi connectivity index (χ2n) is 5.96. The SMILES string of the molecule is CCCCC(NCCN1CCCCC1)c1ccccc1. The molecule has 1 aliphatic rings. The van der Waals surface area contributed by atoms with Crippen LogP contribution in [-0.4, -0.2) is 31.1 Å². The molecule has 1 aliphatic heterocycles. The molecule has 20 heavy (non-hydrogen) atoms. The summed E-state index contributed by atoms with van der Waals surface area (Å²) in [6.45, 7) is 7.19. The van der Waals surface area contributed by atoms with E-state index in [1.54, 1.807) is 0 Å². The molecule has 1 heterocycles. The maximum Gasteiger partial charge on any atom is 0.0320 e. The molecule has 0 saturated carbocycles. The zero-order valence-corrected chi connectivity index (χ0v) is 13.0. The van der Waals surface area contributed by atoms with Crippen LogP contribution in [0.3, 0.4) is 0 Å². The van der Waals surface area contributed by atoms with Gasteiger partial charge in [0.25, 0.3) is 0 Å². The van der Waals surface area contributed by atoms with Crippen LogP contribution in [0.5, 0.6) is 0 Å². The van der Waals surface area contributed by atoms with Crippen LogP contribution in [0.15, 0.2) is 30.3 Å². The van der Waals surface area contributed by atoms with Crippen molar-refractivity contribution in [3.05, 3.63) is 35.9 Å². The molecule has 1 atom stereocenters. The molecule has 0 radical (unpaired) electrons. The van der Waals surface area contributed by atoms with Crippen LogP contribution in [0.4, 0.5) is 0 Å². The highest BCUT2D eigenvalue weighted by atomic mass is 15.1. The Morgan fingerprint density at radius 3 is 2.55 bits per heavy atom. The molecular formula is C18H30N2. The minimum atomic E-state index is 0.529. The lowest BCUT2D eigenvalue weighted by atomic mass is 10.0. The molecule has 2 rings (SSSR count). The first kappa shape index (κ1) is 15.5. The predicted octanol–water partition coefficient (Wildman–Crippen LogP) is 3.99. The molecule has 2 heteroatoms. The minimum Gasteiger partial charge on any atom is -0.309 e. The van der Waals surface area contributed by atoms with Gasteiger partial charge >= 0.3 is 0 Å². The van der Waals surface area contributed by atoms with E-state index in [4.69, 9.17) is 0 Å². The van der Waals surface area contributed by atoms with Gasteiger partial charge in [0.2, 0.25) is 0 Å². The van der Waals surface area contributed by atoms with E-state index in [0.717, 1.165) is 6.54 Å². The highest BCUT2D eigenvalue weighted by Gasteiger charge is 2.12. The molecule has 2 nitrogen and oxygen atoms in total. The summed E-state index contributed by atoms with van der Waals surface area (Å²) in [6.07, 6.45) is 8.02. The highest BCUT2D eigenvalue weighted by molar-refractivity contribution is 5.18. The lowest BCUT2D eigenvalue weighted by molar-refractivity contribution is 0.225. The molecule has 1 unspecified atom stereocenters. The van der Waals surface area contributed by atoms with Crippen LogP contribution in [-0.2, 0) is 0 Å². The van der Waals surface area contributed by atoms with Gasteiger partial charge in [-0.05, 0) is 37.9 Å². The highest BCUT2D eigenvalue weighted by Crippen LogP contribution is 2.19. The number of hydrogen-bond acceptors (Lipinski definition) is 2. The molecule has 0 spiro atoms. The molecule has 1 aromatic carbocycles. The van der Waals surface area contributed by atoms with Crippen LogP contribution in [0.25, 0.3) is 0 Å². The van der Waals surface area contributed by atoms with Gasteiger partial charge in [0.15, 0.2) is 0 Å². The summed E-state index contributed by atoms with van der Waals surface area (Å²) in [5.41, 5.74) is 1.44. The third-order valence-electron chi connectivity index (χ3n) is 4.32. The van der Waals surface area contributed by atoms with E-state index >= 15 is 0 Å². The van der Waals surface area contributed by atoms with Gasteiger partial charge in [-0.1, -0.05) is 56.5 Å². The second-order valence-corrected chi connectivity index (χ2v) is 5.96. The monoisotopic (exact) mass is 274 g/mol. The number of likely N-dealkylation sites (tertiary alicyclic amines) is 1. The van der Waals surface area contributed by atoms with Crippen LogP contribution in [0.2, 0.25) is 0 Å². The molecule has 0 bridgehead atoms. The number of nitrogens with zero attached hydrogens (tertiary/aromatic N) is 1. The molecule has 1 aromatic rings. The molecule has 1 N–H and O–H groups in total. The first-order valence-corrected chi connectivity index (χ1v) is 8.41. The lowest BCUT2D eigenvalue weighted by Crippen LogP contribution is -2.36. The molecule has 0 aliphatic carbocycles. The van der Waals surface area contributed by atoms with Crippen molar-refractivity contribution in [1.29, 1.82) is 0 Å². The predicted molar refractivity (Wildman–Crippen MR) is 87.0 cm³/mol. The van der Waals surface area contributed by atoms with E-state index < -0.39 is 0 Å². The topological polar surface area (TPSA) is 15.3 Å². The number of hydrogen-bond donors (Lipinski definition) is 1. The van der Waals surface area contributed by atoms with E-state index in [9.17, 15) is 0 Å². The zero-order chi connectivity index (χ0) is 14.0. The molecule has 1 saturated heterocycles. The van der Waals surface area contributed by atoms with Crippen LogP contribution < -0.4 is 5.32 Å². The van der Waals surface area contributed by atoms with Crippen molar-refractivity contribution in [1.82, 2.24) is 10.2 Å². The normalized spacial score (nSPS) is 18.1. The number of piperidine rings is 1. The summed E-state index contributed by atoms with van der Waals surface area (Å²) >= 11 is 0. The molecule has 1 fully saturated rings. The largest absolute Gasteiger partial charge is 0.309 e. The van der Waals surface area contributed by atoms with Crippen LogP contribution in [0, 0.1) is 0 Å². The summed E-state index contributed by atoms with van der Waals surface area (Å²) in [5, 5.41) is 3.78. The van der Waals surface area contributed by atoms with Gasteiger partial charge in [-0.25, -0.2) is 0 Å². The van der Waals surface area contributed by atoms with Crippen LogP contribution in [0.1, 0.15) is 57.1 Å². The van der Waals surface area contributed by atoms with Crippen molar-refractivity contribution < 1.29 is 0 Å². The first-order valence-electron chi connectivity index (χ1n) is 8.41. The second kappa shape index (κ2) is 9.15. The average molecular weight is 274 g/mol. The van der Waals surface area contributed by atoms with Crippen molar-refractivity contribution in [3.63, 3.8) is 0 Å². The number of benzene rings is 1. The van der Waals surface area contributed by atoms with Gasteiger partial charge in [-0.3, -0.25) is 0 Å². The smallest absolute Gasteiger partial charge is 0.0320 e. The van der Waals surface area contributed by atoms with Gasteiger partial charge < -0.3 is 10.2 Å². The quantitative estimate of drug-likeness (QED) is 0.771. The van der Waals surface area contributed by atoms with E-state index in [-0.39, 0.29) is 0 Å². The van der Waals surface area contributed by atoms with Gasteiger partial charge in [0, 0.05) is 19.1 Å². The van der Waals surface area contributed by atoms with Crippen LogP contribution >= 0.6 is 0 Å². The maximum atomic E-state index is 3.78. The van der Waals surface area contributed by atoms with E-state index in [1.165, 1.54) is 63.7 Å². The lowest BCUT2D eigenvalue weighted by Gasteiger charge is -2.27. The maximum absolute atomic E-state index is 3.78. The summed E-state index contributed by atoms with van der Waals surface area (Å²) in [5.74, 6) is 0. The summed E-state index contributed by atoms with van der Waals surface area (Å²) in [4.78, 5) is 2.61. The van der Waals surface area contributed by atoms with Crippen molar-refractivity contribution in [3.8, 4) is 0 Å². The first-order chi connectivity index (χ1) is 9.90. The Hall–Kier alpha value is -0.860. The number of nitrogens with one attached hydrogen (secondary N) is 1. The minimum absolute atomic E-state index is 0.529. The standard InChI is InChI=1S/C18H30N2/c1-2-3-12-18(17-10-6-4-7-11-17)19-13-16-20-14-8-5-9-15-20/h4,6-7,10-11,18-19H,2-3,5,8-9,12-16H2,1H3. The van der Waals surface area contributed by atoms with Gasteiger partial charge in [0.05, 0.1) is 0 Å².